The highest BCUT2D eigenvalue weighted by Crippen LogP contribution is 2.24. The van der Waals surface area contributed by atoms with E-state index in [-0.39, 0.29) is 0 Å². The van der Waals surface area contributed by atoms with E-state index in [1.807, 2.05) is 23.9 Å². The molecule has 3 rings (SSSR count). The number of rotatable bonds is 5. The summed E-state index contributed by atoms with van der Waals surface area (Å²) in [7, 11) is 0. The minimum absolute atomic E-state index is 0.732. The molecular formula is C17H23N3S. The number of hydrogen-bond donors (Lipinski definition) is 1. The molecule has 4 heteroatoms. The first kappa shape index (κ1) is 14.8. The third kappa shape index (κ3) is 4.17. The minimum Gasteiger partial charge on any atom is -0.313 e. The summed E-state index contributed by atoms with van der Waals surface area (Å²) < 4.78 is 0. The number of benzene rings is 1. The molecule has 0 radical (unpaired) electrons. The van der Waals surface area contributed by atoms with Gasteiger partial charge in [0.25, 0.3) is 0 Å². The summed E-state index contributed by atoms with van der Waals surface area (Å²) in [6.07, 6.45) is 9.98. The van der Waals surface area contributed by atoms with Crippen LogP contribution in [0.4, 0.5) is 0 Å². The highest BCUT2D eigenvalue weighted by Gasteiger charge is 2.11. The van der Waals surface area contributed by atoms with Crippen molar-refractivity contribution in [2.75, 3.05) is 12.3 Å². The summed E-state index contributed by atoms with van der Waals surface area (Å²) in [5.74, 6) is 1.07. The molecule has 3 nitrogen and oxygen atoms in total. The summed E-state index contributed by atoms with van der Waals surface area (Å²) in [5.41, 5.74) is 1.03. The van der Waals surface area contributed by atoms with Gasteiger partial charge in [0, 0.05) is 23.7 Å². The lowest BCUT2D eigenvalue weighted by Crippen LogP contribution is -2.30. The van der Waals surface area contributed by atoms with Crippen LogP contribution in [0.25, 0.3) is 10.9 Å². The summed E-state index contributed by atoms with van der Waals surface area (Å²) in [6.45, 7) is 1.06. The van der Waals surface area contributed by atoms with Crippen LogP contribution in [-0.2, 0) is 0 Å². The van der Waals surface area contributed by atoms with E-state index in [0.29, 0.717) is 0 Å². The smallest absolute Gasteiger partial charge is 0.117 e. The summed E-state index contributed by atoms with van der Waals surface area (Å²) >= 11 is 1.83. The van der Waals surface area contributed by atoms with Gasteiger partial charge in [-0.1, -0.05) is 43.9 Å². The average Bonchev–Trinajstić information content (AvgIpc) is 2.80. The van der Waals surface area contributed by atoms with E-state index in [4.69, 9.17) is 0 Å². The molecule has 1 heterocycles. The van der Waals surface area contributed by atoms with Gasteiger partial charge in [0.2, 0.25) is 0 Å². The van der Waals surface area contributed by atoms with Crippen molar-refractivity contribution in [1.82, 2.24) is 15.3 Å². The summed E-state index contributed by atoms with van der Waals surface area (Å²) in [4.78, 5) is 8.74. The molecular weight excluding hydrogens is 278 g/mol. The molecule has 1 aliphatic rings. The molecule has 2 aromatic rings. The number of hydrogen-bond acceptors (Lipinski definition) is 4. The van der Waals surface area contributed by atoms with Crippen LogP contribution in [0.3, 0.4) is 0 Å². The molecule has 0 bridgehead atoms. The van der Waals surface area contributed by atoms with E-state index in [1.165, 1.54) is 43.9 Å². The first-order valence-corrected chi connectivity index (χ1v) is 8.98. The molecule has 0 aliphatic heterocycles. The Labute approximate surface area is 131 Å². The second-order valence-corrected chi connectivity index (χ2v) is 6.77. The topological polar surface area (TPSA) is 37.8 Å². The van der Waals surface area contributed by atoms with Crippen molar-refractivity contribution in [2.45, 2.75) is 49.6 Å². The third-order valence-electron chi connectivity index (χ3n) is 4.14. The number of nitrogens with one attached hydrogen (secondary N) is 1. The zero-order valence-electron chi connectivity index (χ0n) is 12.4. The number of fused-ring (bicyclic) bond motifs is 1. The van der Waals surface area contributed by atoms with Crippen LogP contribution >= 0.6 is 11.8 Å². The number of nitrogens with zero attached hydrogens (tertiary/aromatic N) is 2. The number of aromatic nitrogens is 2. The molecule has 1 N–H and O–H groups in total. The van der Waals surface area contributed by atoms with Crippen molar-refractivity contribution in [3.05, 3.63) is 30.6 Å². The van der Waals surface area contributed by atoms with Gasteiger partial charge in [0.05, 0.1) is 5.52 Å². The van der Waals surface area contributed by atoms with Gasteiger partial charge < -0.3 is 5.32 Å². The molecule has 1 aromatic carbocycles. The molecule has 0 spiro atoms. The van der Waals surface area contributed by atoms with E-state index in [1.54, 1.807) is 6.33 Å². The van der Waals surface area contributed by atoms with Crippen molar-refractivity contribution < 1.29 is 0 Å². The van der Waals surface area contributed by atoms with Crippen LogP contribution < -0.4 is 5.32 Å². The van der Waals surface area contributed by atoms with Gasteiger partial charge in [-0.2, -0.15) is 0 Å². The molecule has 1 aromatic heterocycles. The zero-order valence-corrected chi connectivity index (χ0v) is 13.2. The molecule has 0 atom stereocenters. The van der Waals surface area contributed by atoms with Crippen molar-refractivity contribution in [1.29, 1.82) is 0 Å². The van der Waals surface area contributed by atoms with Crippen LogP contribution in [-0.4, -0.2) is 28.3 Å². The Morgan fingerprint density at radius 2 is 1.86 bits per heavy atom. The lowest BCUT2D eigenvalue weighted by atomic mass is 10.1. The normalized spacial score (nSPS) is 17.0. The molecule has 0 saturated heterocycles. The van der Waals surface area contributed by atoms with Crippen molar-refractivity contribution in [3.63, 3.8) is 0 Å². The SMILES string of the molecule is c1ccc2c(SCCNC3CCCCCC3)ncnc2c1. The maximum atomic E-state index is 4.43. The fraction of sp³-hybridized carbons (Fsp3) is 0.529. The number of thioether (sulfide) groups is 1. The second-order valence-electron chi connectivity index (χ2n) is 5.69. The Morgan fingerprint density at radius 1 is 1.05 bits per heavy atom. The largest absolute Gasteiger partial charge is 0.313 e. The van der Waals surface area contributed by atoms with E-state index in [2.05, 4.69) is 27.4 Å². The van der Waals surface area contributed by atoms with Crippen molar-refractivity contribution >= 4 is 22.7 Å². The van der Waals surface area contributed by atoms with Gasteiger partial charge in [0.1, 0.15) is 11.4 Å². The molecule has 21 heavy (non-hydrogen) atoms. The van der Waals surface area contributed by atoms with Gasteiger partial charge in [-0.05, 0) is 18.9 Å². The molecule has 1 aliphatic carbocycles. The predicted molar refractivity (Wildman–Crippen MR) is 89.8 cm³/mol. The van der Waals surface area contributed by atoms with Gasteiger partial charge in [0.15, 0.2) is 0 Å². The lowest BCUT2D eigenvalue weighted by Gasteiger charge is -2.15. The fourth-order valence-corrected chi connectivity index (χ4v) is 3.85. The quantitative estimate of drug-likeness (QED) is 0.391. The first-order valence-electron chi connectivity index (χ1n) is 7.99. The predicted octanol–water partition coefficient (Wildman–Crippen LogP) is 4.03. The molecule has 0 unspecified atom stereocenters. The molecule has 1 saturated carbocycles. The Hall–Kier alpha value is -1.13. The molecule has 112 valence electrons. The van der Waals surface area contributed by atoms with Crippen LogP contribution in [0.1, 0.15) is 38.5 Å². The number of para-hydroxylation sites is 1. The standard InChI is InChI=1S/C17H23N3S/c1-2-4-8-14(7-3-1)18-11-12-21-17-15-9-5-6-10-16(15)19-13-20-17/h5-6,9-10,13-14,18H,1-4,7-8,11-12H2. The first-order chi connectivity index (χ1) is 10.4. The van der Waals surface area contributed by atoms with Crippen molar-refractivity contribution in [2.24, 2.45) is 0 Å². The third-order valence-corrected chi connectivity index (χ3v) is 5.14. The van der Waals surface area contributed by atoms with Gasteiger partial charge in [-0.3, -0.25) is 0 Å². The fourth-order valence-electron chi connectivity index (χ4n) is 2.99. The van der Waals surface area contributed by atoms with Gasteiger partial charge >= 0.3 is 0 Å². The zero-order chi connectivity index (χ0) is 14.3. The highest BCUT2D eigenvalue weighted by atomic mass is 32.2. The monoisotopic (exact) mass is 301 g/mol. The maximum absolute atomic E-state index is 4.43. The van der Waals surface area contributed by atoms with Crippen LogP contribution in [0.5, 0.6) is 0 Å². The highest BCUT2D eigenvalue weighted by molar-refractivity contribution is 7.99. The van der Waals surface area contributed by atoms with Crippen molar-refractivity contribution in [3.8, 4) is 0 Å². The van der Waals surface area contributed by atoms with E-state index in [9.17, 15) is 0 Å². The molecule has 1 fully saturated rings. The average molecular weight is 301 g/mol. The Morgan fingerprint density at radius 3 is 2.71 bits per heavy atom. The van der Waals surface area contributed by atoms with E-state index < -0.39 is 0 Å². The lowest BCUT2D eigenvalue weighted by molar-refractivity contribution is 0.474. The summed E-state index contributed by atoms with van der Waals surface area (Å²) in [6, 6.07) is 8.97. The van der Waals surface area contributed by atoms with Crippen LogP contribution in [0.2, 0.25) is 0 Å². The Balaban J connectivity index is 1.50. The van der Waals surface area contributed by atoms with Gasteiger partial charge in [-0.15, -0.1) is 11.8 Å². The van der Waals surface area contributed by atoms with E-state index >= 15 is 0 Å². The van der Waals surface area contributed by atoms with Gasteiger partial charge in [-0.25, -0.2) is 9.97 Å². The summed E-state index contributed by atoms with van der Waals surface area (Å²) in [5, 5.41) is 5.98. The van der Waals surface area contributed by atoms with Crippen LogP contribution in [0, 0.1) is 0 Å². The Kier molecular flexibility index (Phi) is 5.46. The molecule has 0 amide bonds. The van der Waals surface area contributed by atoms with E-state index in [0.717, 1.165) is 28.9 Å². The Bertz CT molecular complexity index is 559. The maximum Gasteiger partial charge on any atom is 0.117 e. The second kappa shape index (κ2) is 7.76. The minimum atomic E-state index is 0.732. The van der Waals surface area contributed by atoms with Crippen LogP contribution in [0.15, 0.2) is 35.6 Å².